The zero-order valence-electron chi connectivity index (χ0n) is 11.8. The number of hydrogen-bond acceptors (Lipinski definition) is 4. The average molecular weight is 257 g/mol. The lowest BCUT2D eigenvalue weighted by molar-refractivity contribution is 0.0523. The van der Waals surface area contributed by atoms with Gasteiger partial charge in [-0.1, -0.05) is 12.8 Å². The second-order valence-electron chi connectivity index (χ2n) is 6.00. The molecule has 0 bridgehead atoms. The normalized spacial score (nSPS) is 17.3. The predicted molar refractivity (Wildman–Crippen MR) is 72.4 cm³/mol. The molecule has 0 aromatic carbocycles. The zero-order chi connectivity index (χ0) is 13.6. The Labute approximate surface area is 110 Å². The van der Waals surface area contributed by atoms with Crippen LogP contribution in [0.15, 0.2) is 0 Å². The van der Waals surface area contributed by atoms with Gasteiger partial charge >= 0.3 is 6.09 Å². The lowest BCUT2D eigenvalue weighted by atomic mass is 10.2. The molecule has 1 amide bonds. The Morgan fingerprint density at radius 3 is 2.61 bits per heavy atom. The monoisotopic (exact) mass is 257 g/mol. The molecule has 4 N–H and O–H groups in total. The molecule has 106 valence electrons. The second kappa shape index (κ2) is 6.95. The van der Waals surface area contributed by atoms with Crippen LogP contribution >= 0.6 is 0 Å². The van der Waals surface area contributed by atoms with E-state index >= 15 is 0 Å². The third-order valence-corrected chi connectivity index (χ3v) is 2.86. The van der Waals surface area contributed by atoms with Crippen LogP contribution < -0.4 is 16.4 Å². The summed E-state index contributed by atoms with van der Waals surface area (Å²) < 4.78 is 5.17. The summed E-state index contributed by atoms with van der Waals surface area (Å²) >= 11 is 0. The predicted octanol–water partition coefficient (Wildman–Crippen LogP) is 1.23. The summed E-state index contributed by atoms with van der Waals surface area (Å²) in [6.07, 6.45) is 3.56. The zero-order valence-corrected chi connectivity index (χ0v) is 11.8. The van der Waals surface area contributed by atoms with Crippen molar-refractivity contribution in [1.82, 2.24) is 10.6 Å². The highest BCUT2D eigenvalue weighted by molar-refractivity contribution is 5.67. The van der Waals surface area contributed by atoms with Crippen molar-refractivity contribution >= 4 is 6.09 Å². The fourth-order valence-corrected chi connectivity index (χ4v) is 1.66. The van der Waals surface area contributed by atoms with Crippen molar-refractivity contribution in [2.24, 2.45) is 11.7 Å². The molecule has 1 unspecified atom stereocenters. The van der Waals surface area contributed by atoms with Crippen LogP contribution in [0.5, 0.6) is 0 Å². The summed E-state index contributed by atoms with van der Waals surface area (Å²) in [5.74, 6) is 0.912. The van der Waals surface area contributed by atoms with Gasteiger partial charge in [-0.15, -0.1) is 0 Å². The fourth-order valence-electron chi connectivity index (χ4n) is 1.66. The van der Waals surface area contributed by atoms with E-state index in [1.165, 1.54) is 19.3 Å². The van der Waals surface area contributed by atoms with E-state index in [2.05, 4.69) is 10.6 Å². The van der Waals surface area contributed by atoms with Crippen LogP contribution in [0.25, 0.3) is 0 Å². The topological polar surface area (TPSA) is 76.4 Å². The Kier molecular flexibility index (Phi) is 5.88. The molecule has 0 saturated heterocycles. The first-order chi connectivity index (χ1) is 8.40. The van der Waals surface area contributed by atoms with Crippen LogP contribution in [0.2, 0.25) is 0 Å². The number of nitrogens with one attached hydrogen (secondary N) is 2. The Bertz CT molecular complexity index is 259. The molecule has 0 radical (unpaired) electrons. The molecule has 1 aliphatic rings. The second-order valence-corrected chi connectivity index (χ2v) is 6.00. The Morgan fingerprint density at radius 1 is 1.44 bits per heavy atom. The molecular weight excluding hydrogens is 230 g/mol. The van der Waals surface area contributed by atoms with Crippen LogP contribution in [-0.4, -0.2) is 37.4 Å². The van der Waals surface area contributed by atoms with E-state index in [0.717, 1.165) is 12.5 Å². The van der Waals surface area contributed by atoms with Gasteiger partial charge in [0.2, 0.25) is 0 Å². The number of hydrogen-bond donors (Lipinski definition) is 3. The van der Waals surface area contributed by atoms with Crippen LogP contribution in [0.4, 0.5) is 4.79 Å². The van der Waals surface area contributed by atoms with Crippen LogP contribution in [0, 0.1) is 5.92 Å². The quantitative estimate of drug-likeness (QED) is 0.641. The van der Waals surface area contributed by atoms with Gasteiger partial charge in [0.05, 0.1) is 0 Å². The number of alkyl carbamates (subject to hydrolysis) is 1. The maximum atomic E-state index is 11.5. The number of nitrogens with two attached hydrogens (primary N) is 1. The third kappa shape index (κ3) is 7.50. The van der Waals surface area contributed by atoms with E-state index in [0.29, 0.717) is 13.1 Å². The molecule has 18 heavy (non-hydrogen) atoms. The van der Waals surface area contributed by atoms with Crippen molar-refractivity contribution in [2.45, 2.75) is 51.7 Å². The minimum absolute atomic E-state index is 0.122. The molecule has 5 heteroatoms. The van der Waals surface area contributed by atoms with Crippen molar-refractivity contribution in [3.63, 3.8) is 0 Å². The van der Waals surface area contributed by atoms with Gasteiger partial charge in [0.15, 0.2) is 0 Å². The van der Waals surface area contributed by atoms with Crippen molar-refractivity contribution < 1.29 is 9.53 Å². The van der Waals surface area contributed by atoms with Gasteiger partial charge in [-0.3, -0.25) is 0 Å². The highest BCUT2D eigenvalue weighted by Crippen LogP contribution is 2.31. The molecule has 0 aliphatic heterocycles. The number of carbonyl (C=O) groups excluding carboxylic acids is 1. The molecule has 1 aliphatic carbocycles. The highest BCUT2D eigenvalue weighted by atomic mass is 16.6. The number of rotatable bonds is 7. The van der Waals surface area contributed by atoms with E-state index in [4.69, 9.17) is 10.5 Å². The summed E-state index contributed by atoms with van der Waals surface area (Å²) in [6, 6.07) is 0.122. The van der Waals surface area contributed by atoms with Crippen molar-refractivity contribution in [3.8, 4) is 0 Å². The summed E-state index contributed by atoms with van der Waals surface area (Å²) in [5.41, 5.74) is 5.21. The molecule has 0 spiro atoms. The van der Waals surface area contributed by atoms with E-state index in [1.54, 1.807) is 0 Å². The third-order valence-electron chi connectivity index (χ3n) is 2.86. The lowest BCUT2D eigenvalue weighted by Gasteiger charge is -2.22. The molecule has 5 nitrogen and oxygen atoms in total. The van der Waals surface area contributed by atoms with Gasteiger partial charge in [0, 0.05) is 19.1 Å². The molecule has 1 atom stereocenters. The molecule has 1 saturated carbocycles. The molecular formula is C13H27N3O2. The van der Waals surface area contributed by atoms with Crippen LogP contribution in [-0.2, 0) is 4.74 Å². The largest absolute Gasteiger partial charge is 0.444 e. The SMILES string of the molecule is CC(C)(C)OC(=O)NCC(CN)NCCC1CC1. The van der Waals surface area contributed by atoms with Crippen molar-refractivity contribution in [2.75, 3.05) is 19.6 Å². The fraction of sp³-hybridized carbons (Fsp3) is 0.923. The van der Waals surface area contributed by atoms with Gasteiger partial charge in [0.25, 0.3) is 0 Å². The number of carbonyl (C=O) groups is 1. The van der Waals surface area contributed by atoms with Crippen LogP contribution in [0.3, 0.4) is 0 Å². The summed E-state index contributed by atoms with van der Waals surface area (Å²) in [6.45, 7) is 7.54. The van der Waals surface area contributed by atoms with Crippen LogP contribution in [0.1, 0.15) is 40.0 Å². The summed E-state index contributed by atoms with van der Waals surface area (Å²) in [5, 5.41) is 6.10. The first kappa shape index (κ1) is 15.2. The van der Waals surface area contributed by atoms with Crippen molar-refractivity contribution in [3.05, 3.63) is 0 Å². The molecule has 1 rings (SSSR count). The Balaban J connectivity index is 2.11. The Hall–Kier alpha value is -0.810. The first-order valence-corrected chi connectivity index (χ1v) is 6.81. The minimum atomic E-state index is -0.457. The van der Waals surface area contributed by atoms with E-state index in [9.17, 15) is 4.79 Å². The maximum Gasteiger partial charge on any atom is 0.407 e. The Morgan fingerprint density at radius 2 is 2.11 bits per heavy atom. The highest BCUT2D eigenvalue weighted by Gasteiger charge is 2.21. The number of ether oxygens (including phenoxy) is 1. The van der Waals surface area contributed by atoms with Gasteiger partial charge in [0.1, 0.15) is 5.60 Å². The van der Waals surface area contributed by atoms with Gasteiger partial charge in [-0.25, -0.2) is 4.79 Å². The van der Waals surface area contributed by atoms with E-state index in [-0.39, 0.29) is 12.1 Å². The van der Waals surface area contributed by atoms with Crippen molar-refractivity contribution in [1.29, 1.82) is 0 Å². The lowest BCUT2D eigenvalue weighted by Crippen LogP contribution is -2.46. The standard InChI is InChI=1S/C13H27N3O2/c1-13(2,3)18-12(17)16-9-11(8-14)15-7-6-10-4-5-10/h10-11,15H,4-9,14H2,1-3H3,(H,16,17). The molecule has 1 fully saturated rings. The van der Waals surface area contributed by atoms with Gasteiger partial charge in [-0.05, 0) is 39.7 Å². The van der Waals surface area contributed by atoms with Gasteiger partial charge < -0.3 is 21.1 Å². The average Bonchev–Trinajstić information content (AvgIpc) is 3.04. The van der Waals surface area contributed by atoms with Gasteiger partial charge in [-0.2, -0.15) is 0 Å². The molecule has 0 heterocycles. The summed E-state index contributed by atoms with van der Waals surface area (Å²) in [4.78, 5) is 11.5. The summed E-state index contributed by atoms with van der Waals surface area (Å²) in [7, 11) is 0. The van der Waals surface area contributed by atoms with E-state index in [1.807, 2.05) is 20.8 Å². The minimum Gasteiger partial charge on any atom is -0.444 e. The molecule has 0 aromatic heterocycles. The maximum absolute atomic E-state index is 11.5. The van der Waals surface area contributed by atoms with E-state index < -0.39 is 5.60 Å². The smallest absolute Gasteiger partial charge is 0.407 e. The number of amides is 1. The first-order valence-electron chi connectivity index (χ1n) is 6.81. The molecule has 0 aromatic rings.